The number of nitrogen functional groups attached to an aromatic ring is 1. The normalized spacial score (nSPS) is 8.56. The van der Waals surface area contributed by atoms with Crippen molar-refractivity contribution in [3.63, 3.8) is 0 Å². The fourth-order valence-corrected chi connectivity index (χ4v) is 0.464. The maximum absolute atomic E-state index is 8.62. The summed E-state index contributed by atoms with van der Waals surface area (Å²) in [5.41, 5.74) is 5.23. The van der Waals surface area contributed by atoms with Crippen LogP contribution >= 0.6 is 0 Å². The molecule has 0 saturated carbocycles. The Morgan fingerprint density at radius 3 is 2.44 bits per heavy atom. The third kappa shape index (κ3) is 1.89. The van der Waals surface area contributed by atoms with Gasteiger partial charge in [0.2, 0.25) is 11.8 Å². The second-order valence-corrected chi connectivity index (χ2v) is 1.57. The average Bonchev–Trinajstić information content (AvgIpc) is 1.85. The van der Waals surface area contributed by atoms with Gasteiger partial charge >= 0.3 is 29.6 Å². The molecular weight excluding hydrogens is 129 g/mol. The monoisotopic (exact) mass is 137 g/mol. The van der Waals surface area contributed by atoms with Gasteiger partial charge in [-0.3, -0.25) is 0 Å². The summed E-state index contributed by atoms with van der Waals surface area (Å²) in [6.07, 6.45) is 1.44. The van der Waals surface area contributed by atoms with Crippen molar-refractivity contribution < 1.29 is 5.11 Å². The van der Waals surface area contributed by atoms with Crippen LogP contribution in [0.1, 0.15) is 0 Å². The van der Waals surface area contributed by atoms with Crippen molar-refractivity contribution in [3.05, 3.63) is 6.20 Å². The van der Waals surface area contributed by atoms with Crippen molar-refractivity contribution in [2.24, 2.45) is 7.05 Å². The number of aromatic nitrogens is 2. The Morgan fingerprint density at radius 1 is 1.78 bits per heavy atom. The minimum atomic E-state index is -0.0370. The van der Waals surface area contributed by atoms with E-state index >= 15 is 0 Å². The number of hydrogen-bond acceptors (Lipinski definition) is 3. The zero-order valence-electron chi connectivity index (χ0n) is 4.50. The van der Waals surface area contributed by atoms with Crippen LogP contribution in [0.25, 0.3) is 0 Å². The molecule has 0 fully saturated rings. The SMILES string of the molecule is Cn1cc(O)nc1N.[NaH]. The second kappa shape index (κ2) is 3.10. The van der Waals surface area contributed by atoms with Crippen LogP contribution in [0.2, 0.25) is 0 Å². The summed E-state index contributed by atoms with van der Waals surface area (Å²) >= 11 is 0. The molecule has 4 nitrogen and oxygen atoms in total. The first kappa shape index (κ1) is 8.81. The van der Waals surface area contributed by atoms with Crippen LogP contribution in [0.5, 0.6) is 5.88 Å². The van der Waals surface area contributed by atoms with Gasteiger partial charge in [0.1, 0.15) is 0 Å². The summed E-state index contributed by atoms with van der Waals surface area (Å²) in [4.78, 5) is 3.51. The Kier molecular flexibility index (Phi) is 3.03. The van der Waals surface area contributed by atoms with E-state index < -0.39 is 0 Å². The Morgan fingerprint density at radius 2 is 2.33 bits per heavy atom. The topological polar surface area (TPSA) is 64.1 Å². The minimum absolute atomic E-state index is 0. The molecule has 1 aromatic rings. The Labute approximate surface area is 75.0 Å². The molecule has 1 heterocycles. The number of nitrogens with zero attached hydrogens (tertiary/aromatic N) is 2. The Balaban J connectivity index is 0.000000640. The number of anilines is 1. The Bertz CT molecular complexity index is 178. The van der Waals surface area contributed by atoms with Crippen molar-refractivity contribution in [2.75, 3.05) is 5.73 Å². The number of nitrogens with two attached hydrogens (primary N) is 1. The quantitative estimate of drug-likeness (QED) is 0.453. The van der Waals surface area contributed by atoms with Crippen molar-refractivity contribution >= 4 is 35.5 Å². The number of hydrogen-bond donors (Lipinski definition) is 2. The summed E-state index contributed by atoms with van der Waals surface area (Å²) < 4.78 is 1.54. The molecule has 46 valence electrons. The molecule has 0 saturated heterocycles. The summed E-state index contributed by atoms with van der Waals surface area (Å²) in [5, 5.41) is 8.62. The molecule has 0 unspecified atom stereocenters. The third-order valence-corrected chi connectivity index (χ3v) is 0.900. The van der Waals surface area contributed by atoms with Gasteiger partial charge in [0.25, 0.3) is 0 Å². The van der Waals surface area contributed by atoms with E-state index in [1.165, 1.54) is 10.8 Å². The van der Waals surface area contributed by atoms with Crippen LogP contribution in [-0.2, 0) is 7.05 Å². The molecule has 9 heavy (non-hydrogen) atoms. The van der Waals surface area contributed by atoms with Gasteiger partial charge < -0.3 is 15.4 Å². The van der Waals surface area contributed by atoms with Gasteiger partial charge in [-0.1, -0.05) is 0 Å². The zero-order chi connectivity index (χ0) is 6.15. The molecular formula is C4H8N3NaO. The van der Waals surface area contributed by atoms with E-state index in [1.807, 2.05) is 0 Å². The van der Waals surface area contributed by atoms with Crippen LogP contribution < -0.4 is 5.73 Å². The summed E-state index contributed by atoms with van der Waals surface area (Å²) in [5.74, 6) is 0.285. The fraction of sp³-hybridized carbons (Fsp3) is 0.250. The first-order valence-corrected chi connectivity index (χ1v) is 2.18. The molecule has 1 rings (SSSR count). The molecule has 0 aliphatic heterocycles. The van der Waals surface area contributed by atoms with Gasteiger partial charge in [-0.05, 0) is 0 Å². The van der Waals surface area contributed by atoms with Crippen molar-refractivity contribution in [1.82, 2.24) is 9.55 Å². The average molecular weight is 137 g/mol. The predicted molar refractivity (Wildman–Crippen MR) is 36.4 cm³/mol. The third-order valence-electron chi connectivity index (χ3n) is 0.900. The van der Waals surface area contributed by atoms with Crippen LogP contribution in [0.15, 0.2) is 6.20 Å². The van der Waals surface area contributed by atoms with Gasteiger partial charge in [-0.25, -0.2) is 0 Å². The van der Waals surface area contributed by atoms with Crippen LogP contribution in [0.3, 0.4) is 0 Å². The summed E-state index contributed by atoms with van der Waals surface area (Å²) in [6, 6.07) is 0. The molecule has 0 radical (unpaired) electrons. The number of aryl methyl sites for hydroxylation is 1. The van der Waals surface area contributed by atoms with E-state index in [-0.39, 0.29) is 35.4 Å². The van der Waals surface area contributed by atoms with Crippen LogP contribution in [0, 0.1) is 0 Å². The maximum atomic E-state index is 8.62. The summed E-state index contributed by atoms with van der Waals surface area (Å²) in [6.45, 7) is 0. The number of imidazole rings is 1. The molecule has 0 amide bonds. The summed E-state index contributed by atoms with van der Waals surface area (Å²) in [7, 11) is 1.71. The molecule has 0 aliphatic carbocycles. The second-order valence-electron chi connectivity index (χ2n) is 1.57. The molecule has 0 aliphatic rings. The van der Waals surface area contributed by atoms with E-state index in [2.05, 4.69) is 4.98 Å². The molecule has 1 aromatic heterocycles. The van der Waals surface area contributed by atoms with Gasteiger partial charge in [0, 0.05) is 7.05 Å². The number of rotatable bonds is 0. The van der Waals surface area contributed by atoms with Crippen LogP contribution in [-0.4, -0.2) is 44.2 Å². The van der Waals surface area contributed by atoms with E-state index in [0.29, 0.717) is 5.95 Å². The molecule has 0 spiro atoms. The standard InChI is InChI=1S/C4H7N3O.Na.H/c1-7-2-3(8)6-4(7)5;;/h2,8H,1H3,(H2,5,6);;. The molecule has 0 atom stereocenters. The van der Waals surface area contributed by atoms with E-state index in [9.17, 15) is 0 Å². The molecule has 0 aromatic carbocycles. The first-order chi connectivity index (χ1) is 3.70. The van der Waals surface area contributed by atoms with Crippen molar-refractivity contribution in [1.29, 1.82) is 0 Å². The zero-order valence-corrected chi connectivity index (χ0v) is 4.50. The van der Waals surface area contributed by atoms with Crippen molar-refractivity contribution in [3.8, 4) is 5.88 Å². The Hall–Kier alpha value is -0.190. The van der Waals surface area contributed by atoms with Crippen molar-refractivity contribution in [2.45, 2.75) is 0 Å². The first-order valence-electron chi connectivity index (χ1n) is 2.18. The van der Waals surface area contributed by atoms with E-state index in [1.54, 1.807) is 7.05 Å². The van der Waals surface area contributed by atoms with Crippen LogP contribution in [0.4, 0.5) is 5.95 Å². The van der Waals surface area contributed by atoms with E-state index in [4.69, 9.17) is 10.8 Å². The number of aromatic hydroxyl groups is 1. The predicted octanol–water partition coefficient (Wildman–Crippen LogP) is -0.941. The molecule has 3 N–H and O–H groups in total. The van der Waals surface area contributed by atoms with Gasteiger partial charge in [0.05, 0.1) is 6.20 Å². The van der Waals surface area contributed by atoms with E-state index in [0.717, 1.165) is 0 Å². The van der Waals surface area contributed by atoms with Gasteiger partial charge in [0.15, 0.2) is 0 Å². The fourth-order valence-electron chi connectivity index (χ4n) is 0.464. The van der Waals surface area contributed by atoms with Gasteiger partial charge in [-0.2, -0.15) is 4.98 Å². The van der Waals surface area contributed by atoms with Gasteiger partial charge in [-0.15, -0.1) is 0 Å². The molecule has 0 bridgehead atoms. The molecule has 5 heteroatoms.